The van der Waals surface area contributed by atoms with Gasteiger partial charge in [0.2, 0.25) is 5.91 Å². The number of hydrogen-bond acceptors (Lipinski definition) is 5. The maximum atomic E-state index is 13.2. The van der Waals surface area contributed by atoms with Gasteiger partial charge in [-0.1, -0.05) is 53.7 Å². The molecular formula is C26H24N6O2. The standard InChI is InChI=1S/C26H24N6O2/c27-31-17-19(22-15-21(33)11-12-24(22)31)14-26(34)29-23(13-18-7-3-1-4-8-18)25-16-28-30-32(25)20-9-5-2-6-10-20/h1-12,15-17,23,33H,13-14,27H2,(H,29,34). The molecule has 0 bridgehead atoms. The second kappa shape index (κ2) is 9.11. The van der Waals surface area contributed by atoms with Crippen LogP contribution in [0.5, 0.6) is 5.75 Å². The van der Waals surface area contributed by atoms with Gasteiger partial charge in [-0.05, 0) is 47.9 Å². The lowest BCUT2D eigenvalue weighted by Gasteiger charge is -2.20. The first-order chi connectivity index (χ1) is 16.6. The number of para-hydroxylation sites is 1. The van der Waals surface area contributed by atoms with Crippen LogP contribution in [-0.4, -0.2) is 30.7 Å². The zero-order valence-corrected chi connectivity index (χ0v) is 18.4. The van der Waals surface area contributed by atoms with Crippen molar-refractivity contribution in [2.45, 2.75) is 18.9 Å². The van der Waals surface area contributed by atoms with Crippen LogP contribution < -0.4 is 11.2 Å². The van der Waals surface area contributed by atoms with Crippen molar-refractivity contribution < 1.29 is 9.90 Å². The number of nitrogens with two attached hydrogens (primary N) is 1. The molecule has 5 aromatic rings. The SMILES string of the molecule is Nn1cc(CC(=O)NC(Cc2ccccc2)c2cnnn2-c2ccccc2)c2cc(O)ccc21. The average Bonchev–Trinajstić information content (AvgIpc) is 3.45. The van der Waals surface area contributed by atoms with Crippen LogP contribution in [0.15, 0.2) is 91.3 Å². The molecule has 3 aromatic carbocycles. The number of fused-ring (bicyclic) bond motifs is 1. The molecule has 0 aliphatic heterocycles. The Hall–Kier alpha value is -4.59. The molecule has 0 aliphatic carbocycles. The van der Waals surface area contributed by atoms with Crippen molar-refractivity contribution in [1.29, 1.82) is 0 Å². The molecule has 2 heterocycles. The summed E-state index contributed by atoms with van der Waals surface area (Å²) in [7, 11) is 0. The van der Waals surface area contributed by atoms with E-state index in [0.29, 0.717) is 6.42 Å². The third-order valence-electron chi connectivity index (χ3n) is 5.80. The van der Waals surface area contributed by atoms with Gasteiger partial charge < -0.3 is 16.3 Å². The number of aromatic hydroxyl groups is 1. The highest BCUT2D eigenvalue weighted by Crippen LogP contribution is 2.25. The van der Waals surface area contributed by atoms with Gasteiger partial charge in [0.15, 0.2) is 0 Å². The highest BCUT2D eigenvalue weighted by atomic mass is 16.3. The van der Waals surface area contributed by atoms with Crippen LogP contribution in [0.3, 0.4) is 0 Å². The van der Waals surface area contributed by atoms with Gasteiger partial charge in [-0.15, -0.1) is 5.10 Å². The minimum Gasteiger partial charge on any atom is -0.508 e. The van der Waals surface area contributed by atoms with Gasteiger partial charge in [-0.3, -0.25) is 9.47 Å². The highest BCUT2D eigenvalue weighted by molar-refractivity contribution is 5.90. The van der Waals surface area contributed by atoms with E-state index in [1.807, 2.05) is 60.7 Å². The summed E-state index contributed by atoms with van der Waals surface area (Å²) in [6, 6.07) is 24.2. The van der Waals surface area contributed by atoms with E-state index in [1.165, 1.54) is 4.68 Å². The topological polar surface area (TPSA) is 111 Å². The molecule has 0 radical (unpaired) electrons. The number of benzene rings is 3. The number of nitrogen functional groups attached to an aromatic ring is 1. The first-order valence-electron chi connectivity index (χ1n) is 11.0. The van der Waals surface area contributed by atoms with Crippen LogP contribution in [-0.2, 0) is 17.6 Å². The van der Waals surface area contributed by atoms with Gasteiger partial charge in [0.1, 0.15) is 5.75 Å². The number of hydrogen-bond donors (Lipinski definition) is 3. The Morgan fingerprint density at radius 3 is 2.53 bits per heavy atom. The molecule has 1 amide bonds. The molecule has 8 heteroatoms. The predicted molar refractivity (Wildman–Crippen MR) is 130 cm³/mol. The zero-order chi connectivity index (χ0) is 23.5. The molecule has 34 heavy (non-hydrogen) atoms. The van der Waals surface area contributed by atoms with Crippen molar-refractivity contribution >= 4 is 16.8 Å². The van der Waals surface area contributed by atoms with E-state index in [4.69, 9.17) is 5.84 Å². The van der Waals surface area contributed by atoms with Crippen molar-refractivity contribution in [3.8, 4) is 11.4 Å². The first kappa shape index (κ1) is 21.3. The normalized spacial score (nSPS) is 12.0. The van der Waals surface area contributed by atoms with Crippen LogP contribution in [0, 0.1) is 0 Å². The number of phenolic OH excluding ortho intramolecular Hbond substituents is 1. The van der Waals surface area contributed by atoms with E-state index in [2.05, 4.69) is 15.6 Å². The van der Waals surface area contributed by atoms with Gasteiger partial charge in [-0.2, -0.15) is 0 Å². The monoisotopic (exact) mass is 452 g/mol. The summed E-state index contributed by atoms with van der Waals surface area (Å²) in [6.45, 7) is 0. The fourth-order valence-electron chi connectivity index (χ4n) is 4.20. The minimum atomic E-state index is -0.357. The second-order valence-electron chi connectivity index (χ2n) is 8.16. The number of carbonyl (C=O) groups excluding carboxylic acids is 1. The molecule has 5 rings (SSSR count). The lowest BCUT2D eigenvalue weighted by Crippen LogP contribution is -2.32. The fourth-order valence-corrected chi connectivity index (χ4v) is 4.20. The molecule has 4 N–H and O–H groups in total. The molecule has 0 aliphatic rings. The summed E-state index contributed by atoms with van der Waals surface area (Å²) >= 11 is 0. The van der Waals surface area contributed by atoms with Crippen molar-refractivity contribution in [1.82, 2.24) is 25.0 Å². The molecule has 0 saturated carbocycles. The van der Waals surface area contributed by atoms with E-state index in [-0.39, 0.29) is 24.1 Å². The fraction of sp³-hybridized carbons (Fsp3) is 0.115. The molecule has 1 atom stereocenters. The molecule has 170 valence electrons. The van der Waals surface area contributed by atoms with E-state index in [1.54, 1.807) is 35.3 Å². The molecule has 8 nitrogen and oxygen atoms in total. The van der Waals surface area contributed by atoms with Gasteiger partial charge in [-0.25, -0.2) is 4.68 Å². The number of rotatable bonds is 7. The molecular weight excluding hydrogens is 428 g/mol. The van der Waals surface area contributed by atoms with Crippen molar-refractivity contribution in [3.63, 3.8) is 0 Å². The van der Waals surface area contributed by atoms with Gasteiger partial charge in [0, 0.05) is 11.6 Å². The lowest BCUT2D eigenvalue weighted by atomic mass is 10.0. The number of phenols is 1. The Labute approximate surface area is 196 Å². The largest absolute Gasteiger partial charge is 0.508 e. The summed E-state index contributed by atoms with van der Waals surface area (Å²) < 4.78 is 3.21. The predicted octanol–water partition coefficient (Wildman–Crippen LogP) is 3.28. The number of aromatic nitrogens is 4. The summed E-state index contributed by atoms with van der Waals surface area (Å²) in [6.07, 6.45) is 4.09. The van der Waals surface area contributed by atoms with Gasteiger partial charge >= 0.3 is 0 Å². The summed E-state index contributed by atoms with van der Waals surface area (Å²) in [5.74, 6) is 6.01. The Balaban J connectivity index is 1.45. The zero-order valence-electron chi connectivity index (χ0n) is 18.4. The van der Waals surface area contributed by atoms with E-state index >= 15 is 0 Å². The number of nitrogens with zero attached hydrogens (tertiary/aromatic N) is 4. The number of amides is 1. The Morgan fingerprint density at radius 1 is 1.03 bits per heavy atom. The highest BCUT2D eigenvalue weighted by Gasteiger charge is 2.22. The first-order valence-corrected chi connectivity index (χ1v) is 11.0. The quantitative estimate of drug-likeness (QED) is 0.328. The third kappa shape index (κ3) is 4.33. The van der Waals surface area contributed by atoms with Crippen molar-refractivity contribution in [3.05, 3.63) is 108 Å². The van der Waals surface area contributed by atoms with E-state index in [9.17, 15) is 9.90 Å². The van der Waals surface area contributed by atoms with E-state index < -0.39 is 0 Å². The van der Waals surface area contributed by atoms with Crippen LogP contribution >= 0.6 is 0 Å². The number of carbonyl (C=O) groups is 1. The minimum absolute atomic E-state index is 0.113. The third-order valence-corrected chi connectivity index (χ3v) is 5.80. The smallest absolute Gasteiger partial charge is 0.225 e. The Morgan fingerprint density at radius 2 is 1.76 bits per heavy atom. The van der Waals surface area contributed by atoms with Crippen LogP contribution in [0.25, 0.3) is 16.6 Å². The van der Waals surface area contributed by atoms with Crippen molar-refractivity contribution in [2.75, 3.05) is 5.84 Å². The van der Waals surface area contributed by atoms with Crippen molar-refractivity contribution in [2.24, 2.45) is 0 Å². The molecule has 0 fully saturated rings. The summed E-state index contributed by atoms with van der Waals surface area (Å²) in [5.41, 5.74) is 4.20. The van der Waals surface area contributed by atoms with Crippen LogP contribution in [0.4, 0.5) is 0 Å². The lowest BCUT2D eigenvalue weighted by molar-refractivity contribution is -0.121. The Bertz CT molecular complexity index is 1430. The van der Waals surface area contributed by atoms with Gasteiger partial charge in [0.05, 0.1) is 35.6 Å². The number of nitrogens with one attached hydrogen (secondary N) is 1. The van der Waals surface area contributed by atoms with Crippen LogP contribution in [0.2, 0.25) is 0 Å². The molecule has 0 spiro atoms. The Kier molecular flexibility index (Phi) is 5.70. The van der Waals surface area contributed by atoms with Crippen LogP contribution in [0.1, 0.15) is 22.9 Å². The second-order valence-corrected chi connectivity index (χ2v) is 8.16. The van der Waals surface area contributed by atoms with Gasteiger partial charge in [0.25, 0.3) is 0 Å². The summed E-state index contributed by atoms with van der Waals surface area (Å²) in [5, 5.41) is 22.2. The maximum Gasteiger partial charge on any atom is 0.225 e. The summed E-state index contributed by atoms with van der Waals surface area (Å²) in [4.78, 5) is 13.2. The van der Waals surface area contributed by atoms with E-state index in [0.717, 1.165) is 33.4 Å². The molecule has 0 saturated heterocycles. The molecule has 2 aromatic heterocycles. The maximum absolute atomic E-state index is 13.2. The average molecular weight is 453 g/mol. The molecule has 1 unspecified atom stereocenters.